The molecule has 0 unspecified atom stereocenters. The first kappa shape index (κ1) is 15.5. The van der Waals surface area contributed by atoms with Gasteiger partial charge in [-0.3, -0.25) is 4.79 Å². The van der Waals surface area contributed by atoms with E-state index in [4.69, 9.17) is 4.42 Å². The number of benzene rings is 1. The topological polar surface area (TPSA) is 67.6 Å². The van der Waals surface area contributed by atoms with Gasteiger partial charge in [0.1, 0.15) is 5.76 Å². The van der Waals surface area contributed by atoms with E-state index in [1.165, 1.54) is 41.8 Å². The highest BCUT2D eigenvalue weighted by Crippen LogP contribution is 2.19. The third-order valence-corrected chi connectivity index (χ3v) is 5.10. The van der Waals surface area contributed by atoms with Crippen molar-refractivity contribution in [3.63, 3.8) is 0 Å². The van der Waals surface area contributed by atoms with Crippen LogP contribution in [0.25, 0.3) is 0 Å². The molecule has 0 N–H and O–H groups in total. The summed E-state index contributed by atoms with van der Waals surface area (Å²) in [6, 6.07) is 9.41. The number of furan rings is 1. The van der Waals surface area contributed by atoms with Crippen molar-refractivity contribution >= 4 is 15.8 Å². The number of sulfonamides is 1. The fraction of sp³-hybridized carbons (Fsp3) is 0.267. The van der Waals surface area contributed by atoms with Crippen molar-refractivity contribution in [1.29, 1.82) is 0 Å². The van der Waals surface area contributed by atoms with Crippen molar-refractivity contribution < 1.29 is 17.6 Å². The molecule has 1 heterocycles. The fourth-order valence-corrected chi connectivity index (χ4v) is 3.37. The average molecular weight is 307 g/mol. The lowest BCUT2D eigenvalue weighted by Crippen LogP contribution is -2.30. The molecule has 0 aliphatic heterocycles. The minimum absolute atomic E-state index is 0.0955. The lowest BCUT2D eigenvalue weighted by molar-refractivity contribution is 0.101. The molecule has 1 aromatic carbocycles. The van der Waals surface area contributed by atoms with Gasteiger partial charge >= 0.3 is 0 Å². The highest BCUT2D eigenvalue weighted by atomic mass is 32.2. The predicted octanol–water partition coefficient (Wildman–Crippen LogP) is 2.69. The molecule has 0 aliphatic carbocycles. The van der Waals surface area contributed by atoms with Crippen LogP contribution in [0.4, 0.5) is 0 Å². The Bertz CT molecular complexity index is 703. The van der Waals surface area contributed by atoms with E-state index in [2.05, 4.69) is 0 Å². The summed E-state index contributed by atoms with van der Waals surface area (Å²) in [5.41, 5.74) is 0.489. The number of ketones is 1. The molecule has 5 nitrogen and oxygen atoms in total. The van der Waals surface area contributed by atoms with Crippen molar-refractivity contribution in [3.05, 3.63) is 54.0 Å². The lowest BCUT2D eigenvalue weighted by atomic mass is 10.2. The molecule has 0 radical (unpaired) electrons. The lowest BCUT2D eigenvalue weighted by Gasteiger charge is -2.19. The van der Waals surface area contributed by atoms with Gasteiger partial charge in [0.2, 0.25) is 10.0 Å². The van der Waals surface area contributed by atoms with Crippen LogP contribution in [0.5, 0.6) is 0 Å². The summed E-state index contributed by atoms with van der Waals surface area (Å²) in [4.78, 5) is 11.4. The van der Waals surface area contributed by atoms with Gasteiger partial charge in [0, 0.05) is 12.1 Å². The van der Waals surface area contributed by atoms with Gasteiger partial charge in [-0.15, -0.1) is 0 Å². The smallest absolute Gasteiger partial charge is 0.243 e. The molecule has 2 rings (SSSR count). The molecule has 21 heavy (non-hydrogen) atoms. The van der Waals surface area contributed by atoms with Crippen LogP contribution in [0.1, 0.15) is 30.0 Å². The average Bonchev–Trinajstić information content (AvgIpc) is 2.97. The summed E-state index contributed by atoms with van der Waals surface area (Å²) in [5.74, 6) is 0.489. The molecule has 0 bridgehead atoms. The van der Waals surface area contributed by atoms with Crippen LogP contribution in [0.15, 0.2) is 52.0 Å². The predicted molar refractivity (Wildman–Crippen MR) is 78.4 cm³/mol. The Labute approximate surface area is 124 Å². The van der Waals surface area contributed by atoms with Crippen LogP contribution in [-0.4, -0.2) is 25.1 Å². The molecule has 0 saturated heterocycles. The van der Waals surface area contributed by atoms with Gasteiger partial charge in [0.25, 0.3) is 0 Å². The minimum Gasteiger partial charge on any atom is -0.468 e. The van der Waals surface area contributed by atoms with Crippen LogP contribution in [0, 0.1) is 0 Å². The van der Waals surface area contributed by atoms with E-state index in [0.29, 0.717) is 17.9 Å². The molecule has 0 aliphatic rings. The van der Waals surface area contributed by atoms with Gasteiger partial charge in [-0.25, -0.2) is 8.42 Å². The Kier molecular flexibility index (Phi) is 4.59. The quantitative estimate of drug-likeness (QED) is 0.770. The zero-order chi connectivity index (χ0) is 15.5. The van der Waals surface area contributed by atoms with Crippen LogP contribution in [0.2, 0.25) is 0 Å². The maximum absolute atomic E-state index is 12.6. The number of hydrogen-bond donors (Lipinski definition) is 0. The van der Waals surface area contributed by atoms with Crippen molar-refractivity contribution in [3.8, 4) is 0 Å². The number of Topliss-reactive ketones (excluding diaryl/α,β-unsaturated/α-hetero) is 1. The Balaban J connectivity index is 2.28. The van der Waals surface area contributed by atoms with Crippen LogP contribution in [0.3, 0.4) is 0 Å². The summed E-state index contributed by atoms with van der Waals surface area (Å²) >= 11 is 0. The first-order valence-corrected chi connectivity index (χ1v) is 8.02. The molecule has 1 aromatic heterocycles. The molecule has 6 heteroatoms. The normalized spacial score (nSPS) is 11.8. The van der Waals surface area contributed by atoms with E-state index >= 15 is 0 Å². The van der Waals surface area contributed by atoms with E-state index in [0.717, 1.165) is 0 Å². The molecular formula is C15H17NO4S. The molecule has 112 valence electrons. The van der Waals surface area contributed by atoms with Gasteiger partial charge in [0.15, 0.2) is 5.78 Å². The zero-order valence-corrected chi connectivity index (χ0v) is 12.8. The molecule has 0 atom stereocenters. The highest BCUT2D eigenvalue weighted by Gasteiger charge is 2.24. The van der Waals surface area contributed by atoms with Gasteiger partial charge < -0.3 is 4.42 Å². The molecule has 0 fully saturated rings. The molecule has 0 spiro atoms. The van der Waals surface area contributed by atoms with Gasteiger partial charge in [-0.2, -0.15) is 4.31 Å². The Morgan fingerprint density at radius 3 is 2.33 bits per heavy atom. The van der Waals surface area contributed by atoms with E-state index in [9.17, 15) is 13.2 Å². The van der Waals surface area contributed by atoms with Crippen LogP contribution in [-0.2, 0) is 16.6 Å². The molecule has 0 amide bonds. The summed E-state index contributed by atoms with van der Waals surface area (Å²) < 4.78 is 31.7. The third kappa shape index (κ3) is 3.40. The van der Waals surface area contributed by atoms with Crippen molar-refractivity contribution in [1.82, 2.24) is 4.31 Å². The fourth-order valence-electron chi connectivity index (χ4n) is 1.95. The third-order valence-electron chi connectivity index (χ3n) is 3.16. The Hall–Kier alpha value is -1.92. The Morgan fingerprint density at radius 1 is 1.19 bits per heavy atom. The second kappa shape index (κ2) is 6.24. The molecular weight excluding hydrogens is 290 g/mol. The Morgan fingerprint density at radius 2 is 1.86 bits per heavy atom. The molecule has 2 aromatic rings. The summed E-state index contributed by atoms with van der Waals surface area (Å²) in [6.45, 7) is 3.72. The van der Waals surface area contributed by atoms with E-state index in [-0.39, 0.29) is 17.2 Å². The monoisotopic (exact) mass is 307 g/mol. The standard InChI is InChI=1S/C15H17NO4S/c1-3-16(11-14-5-4-10-20-14)21(18,19)15-8-6-13(7-9-15)12(2)17/h4-10H,3,11H2,1-2H3. The van der Waals surface area contributed by atoms with E-state index in [1.54, 1.807) is 19.1 Å². The van der Waals surface area contributed by atoms with Gasteiger partial charge in [0.05, 0.1) is 17.7 Å². The van der Waals surface area contributed by atoms with Gasteiger partial charge in [-0.1, -0.05) is 19.1 Å². The number of carbonyl (C=O) groups excluding carboxylic acids is 1. The maximum atomic E-state index is 12.6. The second-order valence-electron chi connectivity index (χ2n) is 4.59. The highest BCUT2D eigenvalue weighted by molar-refractivity contribution is 7.89. The van der Waals surface area contributed by atoms with Crippen molar-refractivity contribution in [2.75, 3.05) is 6.54 Å². The van der Waals surface area contributed by atoms with Crippen molar-refractivity contribution in [2.45, 2.75) is 25.3 Å². The summed E-state index contributed by atoms with van der Waals surface area (Å²) in [6.07, 6.45) is 1.51. The number of carbonyl (C=O) groups is 1. The van der Waals surface area contributed by atoms with Gasteiger partial charge in [-0.05, 0) is 31.2 Å². The van der Waals surface area contributed by atoms with Crippen LogP contribution < -0.4 is 0 Å². The summed E-state index contributed by atoms with van der Waals surface area (Å²) in [7, 11) is -3.61. The number of nitrogens with zero attached hydrogens (tertiary/aromatic N) is 1. The second-order valence-corrected chi connectivity index (χ2v) is 6.53. The van der Waals surface area contributed by atoms with E-state index < -0.39 is 10.0 Å². The SMILES string of the molecule is CCN(Cc1ccco1)S(=O)(=O)c1ccc(C(C)=O)cc1. The van der Waals surface area contributed by atoms with Crippen LogP contribution >= 0.6 is 0 Å². The largest absolute Gasteiger partial charge is 0.468 e. The molecule has 0 saturated carbocycles. The first-order valence-electron chi connectivity index (χ1n) is 6.58. The number of hydrogen-bond acceptors (Lipinski definition) is 4. The summed E-state index contributed by atoms with van der Waals surface area (Å²) in [5, 5.41) is 0. The minimum atomic E-state index is -3.61. The van der Waals surface area contributed by atoms with Crippen molar-refractivity contribution in [2.24, 2.45) is 0 Å². The number of rotatable bonds is 6. The first-order chi connectivity index (χ1) is 9.95. The zero-order valence-electron chi connectivity index (χ0n) is 11.9. The van der Waals surface area contributed by atoms with E-state index in [1.807, 2.05) is 0 Å². The maximum Gasteiger partial charge on any atom is 0.243 e.